The van der Waals surface area contributed by atoms with Crippen LogP contribution in [-0.2, 0) is 0 Å². The molecule has 0 unspecified atom stereocenters. The van der Waals surface area contributed by atoms with Gasteiger partial charge < -0.3 is 0 Å². The van der Waals surface area contributed by atoms with Gasteiger partial charge in [0.25, 0.3) is 0 Å². The lowest BCUT2D eigenvalue weighted by molar-refractivity contribution is 0.387. The molecule has 0 atom stereocenters. The second-order valence-corrected chi connectivity index (χ2v) is 3.71. The number of aromatic nitrogens is 2. The SMILES string of the molecule is O=c1[nH]c(-c2cccc(I)c2F)no1. The van der Waals surface area contributed by atoms with Gasteiger partial charge in [0, 0.05) is 3.57 Å². The van der Waals surface area contributed by atoms with Crippen molar-refractivity contribution in [3.8, 4) is 11.4 Å². The van der Waals surface area contributed by atoms with E-state index in [2.05, 4.69) is 14.7 Å². The molecule has 72 valence electrons. The molecule has 2 rings (SSSR count). The van der Waals surface area contributed by atoms with Gasteiger partial charge in [0.2, 0.25) is 0 Å². The van der Waals surface area contributed by atoms with Crippen LogP contribution < -0.4 is 5.76 Å². The van der Waals surface area contributed by atoms with E-state index in [-0.39, 0.29) is 11.4 Å². The highest BCUT2D eigenvalue weighted by atomic mass is 127. The highest BCUT2D eigenvalue weighted by Gasteiger charge is 2.11. The predicted molar refractivity (Wildman–Crippen MR) is 55.2 cm³/mol. The fourth-order valence-corrected chi connectivity index (χ4v) is 1.53. The lowest BCUT2D eigenvalue weighted by atomic mass is 10.2. The maximum Gasteiger partial charge on any atom is 0.439 e. The molecule has 2 aromatic rings. The molecule has 1 N–H and O–H groups in total. The third-order valence-corrected chi connectivity index (χ3v) is 2.48. The third-order valence-electron chi connectivity index (χ3n) is 1.65. The Morgan fingerprint density at radius 2 is 2.29 bits per heavy atom. The largest absolute Gasteiger partial charge is 0.439 e. The monoisotopic (exact) mass is 306 g/mol. The first-order valence-corrected chi connectivity index (χ1v) is 4.77. The van der Waals surface area contributed by atoms with Gasteiger partial charge in [-0.05, 0) is 34.7 Å². The van der Waals surface area contributed by atoms with E-state index in [0.717, 1.165) is 0 Å². The number of rotatable bonds is 1. The number of halogens is 2. The molecule has 1 aromatic heterocycles. The number of nitrogens with one attached hydrogen (secondary N) is 1. The molecule has 0 aliphatic rings. The van der Waals surface area contributed by atoms with E-state index in [9.17, 15) is 9.18 Å². The Bertz CT molecular complexity index is 520. The van der Waals surface area contributed by atoms with Crippen LogP contribution in [0.4, 0.5) is 4.39 Å². The van der Waals surface area contributed by atoms with Gasteiger partial charge in [0.1, 0.15) is 5.82 Å². The van der Waals surface area contributed by atoms with Crippen molar-refractivity contribution < 1.29 is 8.91 Å². The number of hydrogen-bond acceptors (Lipinski definition) is 3. The Morgan fingerprint density at radius 1 is 1.50 bits per heavy atom. The van der Waals surface area contributed by atoms with Crippen LogP contribution in [0.3, 0.4) is 0 Å². The number of benzene rings is 1. The Labute approximate surface area is 91.3 Å². The van der Waals surface area contributed by atoms with Gasteiger partial charge >= 0.3 is 5.76 Å². The van der Waals surface area contributed by atoms with Gasteiger partial charge in [-0.1, -0.05) is 11.2 Å². The fourth-order valence-electron chi connectivity index (χ4n) is 1.03. The highest BCUT2D eigenvalue weighted by Crippen LogP contribution is 2.21. The minimum Gasteiger partial charge on any atom is -0.296 e. The molecule has 6 heteroatoms. The van der Waals surface area contributed by atoms with Gasteiger partial charge in [0.15, 0.2) is 5.82 Å². The van der Waals surface area contributed by atoms with Crippen LogP contribution in [0, 0.1) is 9.39 Å². The second kappa shape index (κ2) is 3.52. The van der Waals surface area contributed by atoms with Crippen molar-refractivity contribution in [2.24, 2.45) is 0 Å². The van der Waals surface area contributed by atoms with Crippen LogP contribution in [0.15, 0.2) is 27.5 Å². The molecular weight excluding hydrogens is 302 g/mol. The van der Waals surface area contributed by atoms with Crippen molar-refractivity contribution >= 4 is 22.6 Å². The lowest BCUT2D eigenvalue weighted by Gasteiger charge is -1.98. The normalized spacial score (nSPS) is 10.4. The van der Waals surface area contributed by atoms with Crippen molar-refractivity contribution in [3.63, 3.8) is 0 Å². The molecule has 0 aliphatic carbocycles. The number of nitrogens with zero attached hydrogens (tertiary/aromatic N) is 1. The maximum atomic E-state index is 13.5. The lowest BCUT2D eigenvalue weighted by Crippen LogP contribution is -1.96. The van der Waals surface area contributed by atoms with E-state index in [4.69, 9.17) is 0 Å². The van der Waals surface area contributed by atoms with Crippen molar-refractivity contribution in [3.05, 3.63) is 38.1 Å². The summed E-state index contributed by atoms with van der Waals surface area (Å²) < 4.78 is 18.2. The molecule has 0 amide bonds. The molecule has 1 aromatic carbocycles. The zero-order valence-corrected chi connectivity index (χ0v) is 8.91. The molecule has 1 heterocycles. The maximum absolute atomic E-state index is 13.5. The summed E-state index contributed by atoms with van der Waals surface area (Å²) in [6, 6.07) is 4.82. The zero-order valence-electron chi connectivity index (χ0n) is 6.75. The molecule has 0 spiro atoms. The fraction of sp³-hybridized carbons (Fsp3) is 0. The Hall–Kier alpha value is -1.18. The number of H-pyrrole nitrogens is 1. The summed E-state index contributed by atoms with van der Waals surface area (Å²) in [5.74, 6) is -1.01. The second-order valence-electron chi connectivity index (χ2n) is 2.55. The van der Waals surface area contributed by atoms with Crippen molar-refractivity contribution in [2.45, 2.75) is 0 Å². The third kappa shape index (κ3) is 1.57. The minimum atomic E-state index is -0.696. The topological polar surface area (TPSA) is 58.9 Å². The van der Waals surface area contributed by atoms with Crippen molar-refractivity contribution in [1.82, 2.24) is 10.1 Å². The summed E-state index contributed by atoms with van der Waals surface area (Å²) in [5, 5.41) is 3.40. The molecule has 0 aliphatic heterocycles. The quantitative estimate of drug-likeness (QED) is 0.817. The summed E-state index contributed by atoms with van der Waals surface area (Å²) in [6.07, 6.45) is 0. The summed E-state index contributed by atoms with van der Waals surface area (Å²) in [6.45, 7) is 0. The molecule has 4 nitrogen and oxygen atoms in total. The van der Waals surface area contributed by atoms with Crippen LogP contribution in [0.5, 0.6) is 0 Å². The Balaban J connectivity index is 2.62. The van der Waals surface area contributed by atoms with Gasteiger partial charge in [-0.3, -0.25) is 9.51 Å². The molecule has 0 fully saturated rings. The van der Waals surface area contributed by atoms with Gasteiger partial charge in [-0.2, -0.15) is 0 Å². The van der Waals surface area contributed by atoms with E-state index in [1.54, 1.807) is 12.1 Å². The predicted octanol–water partition coefficient (Wildman–Crippen LogP) is 1.77. The van der Waals surface area contributed by atoms with Gasteiger partial charge in [-0.15, -0.1) is 0 Å². The van der Waals surface area contributed by atoms with E-state index in [1.807, 2.05) is 22.6 Å². The summed E-state index contributed by atoms with van der Waals surface area (Å²) in [7, 11) is 0. The highest BCUT2D eigenvalue weighted by molar-refractivity contribution is 14.1. The molecule has 0 radical (unpaired) electrons. The Kier molecular flexibility index (Phi) is 2.36. The zero-order chi connectivity index (χ0) is 10.1. The molecule has 0 saturated heterocycles. The van der Waals surface area contributed by atoms with Crippen LogP contribution in [0.1, 0.15) is 0 Å². The standard InChI is InChI=1S/C8H4FIN2O2/c9-6-4(2-1-3-5(6)10)7-11-8(13)14-12-7/h1-3H,(H,11,12,13). The molecule has 0 bridgehead atoms. The van der Waals surface area contributed by atoms with Crippen LogP contribution in [0.2, 0.25) is 0 Å². The van der Waals surface area contributed by atoms with Gasteiger partial charge in [0.05, 0.1) is 5.56 Å². The minimum absolute atomic E-state index is 0.103. The number of hydrogen-bond donors (Lipinski definition) is 1. The summed E-state index contributed by atoms with van der Waals surface area (Å²) >= 11 is 1.86. The first kappa shape index (κ1) is 9.38. The molecule has 0 saturated carbocycles. The summed E-state index contributed by atoms with van der Waals surface area (Å²) in [5.41, 5.74) is 0.225. The van der Waals surface area contributed by atoms with Crippen LogP contribution >= 0.6 is 22.6 Å². The van der Waals surface area contributed by atoms with Gasteiger partial charge in [-0.25, -0.2) is 9.18 Å². The van der Waals surface area contributed by atoms with E-state index >= 15 is 0 Å². The number of aromatic amines is 1. The van der Waals surface area contributed by atoms with E-state index in [1.165, 1.54) is 6.07 Å². The Morgan fingerprint density at radius 3 is 2.93 bits per heavy atom. The first-order valence-electron chi connectivity index (χ1n) is 3.69. The van der Waals surface area contributed by atoms with Crippen molar-refractivity contribution in [1.29, 1.82) is 0 Å². The van der Waals surface area contributed by atoms with E-state index < -0.39 is 11.6 Å². The van der Waals surface area contributed by atoms with Crippen LogP contribution in [-0.4, -0.2) is 10.1 Å². The van der Waals surface area contributed by atoms with Crippen molar-refractivity contribution in [2.75, 3.05) is 0 Å². The smallest absolute Gasteiger partial charge is 0.296 e. The average Bonchev–Trinajstić information content (AvgIpc) is 2.57. The average molecular weight is 306 g/mol. The molecule has 14 heavy (non-hydrogen) atoms. The first-order chi connectivity index (χ1) is 6.68. The summed E-state index contributed by atoms with van der Waals surface area (Å²) in [4.78, 5) is 12.9. The van der Waals surface area contributed by atoms with Crippen LogP contribution in [0.25, 0.3) is 11.4 Å². The molecular formula is C8H4FIN2O2. The van der Waals surface area contributed by atoms with E-state index in [0.29, 0.717) is 3.57 Å².